The molecule has 1 saturated heterocycles. The Morgan fingerprint density at radius 3 is 2.39 bits per heavy atom. The first-order valence-electron chi connectivity index (χ1n) is 12.6. The van der Waals surface area contributed by atoms with E-state index in [1.165, 1.54) is 0 Å². The molecule has 1 amide bonds. The molecule has 38 heavy (non-hydrogen) atoms. The summed E-state index contributed by atoms with van der Waals surface area (Å²) in [5, 5.41) is 13.5. The number of benzene rings is 2. The number of aromatic nitrogens is 1. The van der Waals surface area contributed by atoms with Crippen LogP contribution in [0.15, 0.2) is 59.0 Å². The first-order chi connectivity index (χ1) is 18.5. The molecule has 0 bridgehead atoms. The van der Waals surface area contributed by atoms with E-state index in [9.17, 15) is 4.79 Å². The van der Waals surface area contributed by atoms with Gasteiger partial charge in [0, 0.05) is 48.4 Å². The summed E-state index contributed by atoms with van der Waals surface area (Å²) >= 11 is 0. The minimum Gasteiger partial charge on any atom is -0.493 e. The largest absolute Gasteiger partial charge is 0.493 e. The zero-order valence-corrected chi connectivity index (χ0v) is 21.8. The summed E-state index contributed by atoms with van der Waals surface area (Å²) < 4.78 is 17.0. The Balaban J connectivity index is 1.33. The van der Waals surface area contributed by atoms with E-state index in [1.54, 1.807) is 31.8 Å². The van der Waals surface area contributed by atoms with Gasteiger partial charge in [-0.3, -0.25) is 14.9 Å². The standard InChI is InChI=1S/C29H32N4O5/c1-18-4-9-26(38-18)25-15-23(22-14-27(36-2)28(37-3)16-24(22)31-25)30-21-10-12-33(13-11-21)17-19-5-7-20(8-6-19)29(34)32-35/h4-9,14-16,21,35H,10-13,17H2,1-3H3,(H,30,31)(H,32,34). The van der Waals surface area contributed by atoms with Crippen molar-refractivity contribution in [3.63, 3.8) is 0 Å². The Bertz CT molecular complexity index is 1430. The highest BCUT2D eigenvalue weighted by Crippen LogP contribution is 2.37. The quantitative estimate of drug-likeness (QED) is 0.221. The van der Waals surface area contributed by atoms with Crippen LogP contribution >= 0.6 is 0 Å². The molecule has 1 fully saturated rings. The van der Waals surface area contributed by atoms with Crippen molar-refractivity contribution in [2.45, 2.75) is 32.4 Å². The van der Waals surface area contributed by atoms with Gasteiger partial charge in [-0.1, -0.05) is 12.1 Å². The third-order valence-corrected chi connectivity index (χ3v) is 6.98. The number of methoxy groups -OCH3 is 2. The molecule has 3 heterocycles. The number of fused-ring (bicyclic) bond motifs is 1. The molecule has 198 valence electrons. The zero-order chi connectivity index (χ0) is 26.6. The fraction of sp³-hybridized carbons (Fsp3) is 0.310. The molecule has 5 rings (SSSR count). The second kappa shape index (κ2) is 11.1. The summed E-state index contributed by atoms with van der Waals surface area (Å²) in [7, 11) is 3.26. The number of piperidine rings is 1. The lowest BCUT2D eigenvalue weighted by atomic mass is 10.0. The first-order valence-corrected chi connectivity index (χ1v) is 12.6. The fourth-order valence-corrected chi connectivity index (χ4v) is 4.91. The van der Waals surface area contributed by atoms with E-state index in [0.717, 1.165) is 71.8 Å². The van der Waals surface area contributed by atoms with E-state index < -0.39 is 5.91 Å². The number of amides is 1. The van der Waals surface area contributed by atoms with E-state index in [4.69, 9.17) is 24.1 Å². The molecule has 0 aliphatic carbocycles. The second-order valence-electron chi connectivity index (χ2n) is 9.52. The van der Waals surface area contributed by atoms with Crippen LogP contribution in [-0.2, 0) is 6.54 Å². The van der Waals surface area contributed by atoms with E-state index in [-0.39, 0.29) is 0 Å². The summed E-state index contributed by atoms with van der Waals surface area (Å²) in [5.74, 6) is 2.34. The van der Waals surface area contributed by atoms with Crippen molar-refractivity contribution in [1.82, 2.24) is 15.4 Å². The van der Waals surface area contributed by atoms with Crippen molar-refractivity contribution in [2.75, 3.05) is 32.6 Å². The number of nitrogens with zero attached hydrogens (tertiary/aromatic N) is 2. The Kier molecular flexibility index (Phi) is 7.48. The molecular formula is C29H32N4O5. The van der Waals surface area contributed by atoms with Gasteiger partial charge in [-0.15, -0.1) is 0 Å². The number of furan rings is 1. The van der Waals surface area contributed by atoms with Gasteiger partial charge in [0.25, 0.3) is 5.91 Å². The minimum atomic E-state index is -0.506. The molecule has 1 aliphatic rings. The van der Waals surface area contributed by atoms with Gasteiger partial charge in [-0.2, -0.15) is 0 Å². The number of ether oxygens (including phenoxy) is 2. The number of hydrogen-bond acceptors (Lipinski definition) is 8. The molecule has 0 spiro atoms. The van der Waals surface area contributed by atoms with Gasteiger partial charge in [0.2, 0.25) is 0 Å². The van der Waals surface area contributed by atoms with E-state index in [2.05, 4.69) is 10.2 Å². The second-order valence-corrected chi connectivity index (χ2v) is 9.52. The maximum Gasteiger partial charge on any atom is 0.274 e. The van der Waals surface area contributed by atoms with Crippen LogP contribution < -0.4 is 20.3 Å². The third-order valence-electron chi connectivity index (χ3n) is 6.98. The molecule has 4 aromatic rings. The highest BCUT2D eigenvalue weighted by molar-refractivity contribution is 5.96. The summed E-state index contributed by atoms with van der Waals surface area (Å²) in [6, 6.07) is 17.4. The number of aryl methyl sites for hydroxylation is 1. The lowest BCUT2D eigenvalue weighted by Crippen LogP contribution is -2.38. The average molecular weight is 517 g/mol. The minimum absolute atomic E-state index is 0.298. The highest BCUT2D eigenvalue weighted by atomic mass is 16.5. The molecular weight excluding hydrogens is 484 g/mol. The molecule has 0 radical (unpaired) electrons. The maximum atomic E-state index is 11.6. The Morgan fingerprint density at radius 1 is 1.05 bits per heavy atom. The van der Waals surface area contributed by atoms with Gasteiger partial charge in [0.05, 0.1) is 19.7 Å². The van der Waals surface area contributed by atoms with Gasteiger partial charge in [-0.25, -0.2) is 10.5 Å². The van der Waals surface area contributed by atoms with Crippen LogP contribution in [0.4, 0.5) is 5.69 Å². The van der Waals surface area contributed by atoms with Gasteiger partial charge in [-0.05, 0) is 61.7 Å². The number of carbonyl (C=O) groups is 1. The Hall–Kier alpha value is -4.08. The highest BCUT2D eigenvalue weighted by Gasteiger charge is 2.22. The number of pyridine rings is 1. The molecule has 0 atom stereocenters. The van der Waals surface area contributed by atoms with Crippen molar-refractivity contribution in [2.24, 2.45) is 0 Å². The van der Waals surface area contributed by atoms with E-state index in [0.29, 0.717) is 23.1 Å². The molecule has 0 saturated carbocycles. The van der Waals surface area contributed by atoms with Crippen molar-refractivity contribution in [3.05, 3.63) is 71.5 Å². The number of anilines is 1. The van der Waals surface area contributed by atoms with Crippen LogP contribution in [0.1, 0.15) is 34.5 Å². The Labute approximate surface area is 221 Å². The SMILES string of the molecule is COc1cc2nc(-c3ccc(C)o3)cc(NC3CCN(Cc4ccc(C(=O)NO)cc4)CC3)c2cc1OC. The lowest BCUT2D eigenvalue weighted by molar-refractivity contribution is 0.0706. The monoisotopic (exact) mass is 516 g/mol. The van der Waals surface area contributed by atoms with Gasteiger partial charge < -0.3 is 19.2 Å². The number of hydrogen-bond donors (Lipinski definition) is 3. The van der Waals surface area contributed by atoms with Crippen molar-refractivity contribution >= 4 is 22.5 Å². The molecule has 0 unspecified atom stereocenters. The molecule has 3 N–H and O–H groups in total. The molecule has 2 aromatic heterocycles. The van der Waals surface area contributed by atoms with Crippen molar-refractivity contribution in [3.8, 4) is 23.0 Å². The predicted molar refractivity (Wildman–Crippen MR) is 145 cm³/mol. The van der Waals surface area contributed by atoms with Crippen LogP contribution in [-0.4, -0.2) is 54.3 Å². The molecule has 1 aliphatic heterocycles. The summed E-state index contributed by atoms with van der Waals surface area (Å²) in [6.07, 6.45) is 1.97. The smallest absolute Gasteiger partial charge is 0.274 e. The van der Waals surface area contributed by atoms with Gasteiger partial charge in [0.1, 0.15) is 11.5 Å². The topological polar surface area (TPSA) is 109 Å². The van der Waals surface area contributed by atoms with Crippen LogP contribution in [0.25, 0.3) is 22.4 Å². The number of hydroxylamine groups is 1. The van der Waals surface area contributed by atoms with Crippen LogP contribution in [0.2, 0.25) is 0 Å². The number of rotatable bonds is 8. The van der Waals surface area contributed by atoms with Crippen molar-refractivity contribution < 1.29 is 23.9 Å². The van der Waals surface area contributed by atoms with Gasteiger partial charge >= 0.3 is 0 Å². The van der Waals surface area contributed by atoms with Crippen LogP contribution in [0, 0.1) is 6.92 Å². The zero-order valence-electron chi connectivity index (χ0n) is 21.8. The average Bonchev–Trinajstić information content (AvgIpc) is 3.39. The summed E-state index contributed by atoms with van der Waals surface area (Å²) in [4.78, 5) is 18.8. The first kappa shape index (κ1) is 25.6. The third kappa shape index (κ3) is 5.44. The van der Waals surface area contributed by atoms with Gasteiger partial charge in [0.15, 0.2) is 17.3 Å². The van der Waals surface area contributed by atoms with Crippen LogP contribution in [0.3, 0.4) is 0 Å². The van der Waals surface area contributed by atoms with E-state index >= 15 is 0 Å². The summed E-state index contributed by atoms with van der Waals surface area (Å²) in [5.41, 5.74) is 5.77. The number of carbonyl (C=O) groups excluding carboxylic acids is 1. The normalized spacial score (nSPS) is 14.4. The molecule has 9 heteroatoms. The Morgan fingerprint density at radius 2 is 1.76 bits per heavy atom. The van der Waals surface area contributed by atoms with E-state index in [1.807, 2.05) is 49.4 Å². The maximum absolute atomic E-state index is 11.6. The fourth-order valence-electron chi connectivity index (χ4n) is 4.91. The predicted octanol–water partition coefficient (Wildman–Crippen LogP) is 5.02. The number of likely N-dealkylation sites (tertiary alicyclic amines) is 1. The molecule has 2 aromatic carbocycles. The van der Waals surface area contributed by atoms with Crippen LogP contribution in [0.5, 0.6) is 11.5 Å². The summed E-state index contributed by atoms with van der Waals surface area (Å²) in [6.45, 7) is 4.62. The molecule has 9 nitrogen and oxygen atoms in total. The number of nitrogens with one attached hydrogen (secondary N) is 2. The lowest BCUT2D eigenvalue weighted by Gasteiger charge is -2.33. The van der Waals surface area contributed by atoms with Crippen molar-refractivity contribution in [1.29, 1.82) is 0 Å².